The van der Waals surface area contributed by atoms with Crippen molar-refractivity contribution in [1.82, 2.24) is 4.90 Å². The number of amides is 1. The Kier molecular flexibility index (Phi) is 5.66. The molecule has 1 aliphatic carbocycles. The van der Waals surface area contributed by atoms with Crippen LogP contribution in [0.5, 0.6) is 0 Å². The highest BCUT2D eigenvalue weighted by atomic mass is 16.4. The third kappa shape index (κ3) is 3.93. The molecule has 1 aliphatic heterocycles. The van der Waals surface area contributed by atoms with Gasteiger partial charge in [-0.1, -0.05) is 38.3 Å². The van der Waals surface area contributed by atoms with E-state index in [1.807, 2.05) is 24.3 Å². The molecule has 0 spiro atoms. The van der Waals surface area contributed by atoms with Crippen molar-refractivity contribution in [3.63, 3.8) is 0 Å². The van der Waals surface area contributed by atoms with Gasteiger partial charge >= 0.3 is 5.97 Å². The number of unbranched alkanes of at least 4 members (excludes halogenated alkanes) is 1. The first kappa shape index (κ1) is 18.9. The van der Waals surface area contributed by atoms with Gasteiger partial charge in [-0.3, -0.25) is 9.59 Å². The van der Waals surface area contributed by atoms with Crippen LogP contribution < -0.4 is 0 Å². The highest BCUT2D eigenvalue weighted by Crippen LogP contribution is 2.45. The molecule has 1 aromatic carbocycles. The number of rotatable bonds is 7. The first-order chi connectivity index (χ1) is 12.5. The maximum Gasteiger partial charge on any atom is 0.314 e. The van der Waals surface area contributed by atoms with E-state index in [4.69, 9.17) is 0 Å². The second kappa shape index (κ2) is 7.78. The van der Waals surface area contributed by atoms with Crippen LogP contribution in [-0.4, -0.2) is 46.2 Å². The fourth-order valence-corrected chi connectivity index (χ4v) is 3.97. The van der Waals surface area contributed by atoms with Crippen molar-refractivity contribution in [3.05, 3.63) is 35.4 Å². The van der Waals surface area contributed by atoms with Gasteiger partial charge in [0.05, 0.1) is 6.10 Å². The summed E-state index contributed by atoms with van der Waals surface area (Å²) in [7, 11) is 0. The quantitative estimate of drug-likeness (QED) is 0.784. The van der Waals surface area contributed by atoms with Gasteiger partial charge in [-0.05, 0) is 49.3 Å². The van der Waals surface area contributed by atoms with E-state index in [1.165, 1.54) is 5.56 Å². The molecule has 142 valence electrons. The lowest BCUT2D eigenvalue weighted by atomic mass is 9.73. The normalized spacial score (nSPS) is 25.9. The van der Waals surface area contributed by atoms with Crippen LogP contribution in [0.25, 0.3) is 0 Å². The Morgan fingerprint density at radius 1 is 1.19 bits per heavy atom. The SMILES string of the molecule is CCCCc1ccc(C(=O)N2CC[C@@H](O)[C@@](CC3CC3)(C(=O)O)C2)cc1. The number of aliphatic hydroxyl groups excluding tert-OH is 1. The largest absolute Gasteiger partial charge is 0.481 e. The summed E-state index contributed by atoms with van der Waals surface area (Å²) in [5.41, 5.74) is 0.578. The Labute approximate surface area is 155 Å². The Balaban J connectivity index is 1.73. The van der Waals surface area contributed by atoms with Crippen molar-refractivity contribution in [1.29, 1.82) is 0 Å². The zero-order valence-corrected chi connectivity index (χ0v) is 15.5. The van der Waals surface area contributed by atoms with E-state index in [-0.39, 0.29) is 12.5 Å². The topological polar surface area (TPSA) is 77.8 Å². The fraction of sp³-hybridized carbons (Fsp3) is 0.619. The van der Waals surface area contributed by atoms with Gasteiger partial charge in [-0.2, -0.15) is 0 Å². The second-order valence-corrected chi connectivity index (χ2v) is 7.94. The summed E-state index contributed by atoms with van der Waals surface area (Å²) in [4.78, 5) is 26.5. The number of carboxylic acid groups (broad SMARTS) is 1. The molecule has 0 unspecified atom stereocenters. The zero-order valence-electron chi connectivity index (χ0n) is 15.5. The number of hydrogen-bond donors (Lipinski definition) is 2. The van der Waals surface area contributed by atoms with E-state index in [1.54, 1.807) is 4.90 Å². The van der Waals surface area contributed by atoms with Crippen LogP contribution in [0.1, 0.15) is 61.4 Å². The van der Waals surface area contributed by atoms with E-state index < -0.39 is 17.5 Å². The van der Waals surface area contributed by atoms with Crippen LogP contribution in [0.4, 0.5) is 0 Å². The summed E-state index contributed by atoms with van der Waals surface area (Å²) in [5, 5.41) is 20.3. The first-order valence-corrected chi connectivity index (χ1v) is 9.76. The number of piperidine rings is 1. The average molecular weight is 359 g/mol. The van der Waals surface area contributed by atoms with E-state index in [2.05, 4.69) is 6.92 Å². The molecule has 3 rings (SSSR count). The number of carbonyl (C=O) groups excluding carboxylic acids is 1. The smallest absolute Gasteiger partial charge is 0.314 e. The molecule has 1 aromatic rings. The number of carbonyl (C=O) groups is 2. The number of nitrogens with zero attached hydrogens (tertiary/aromatic N) is 1. The molecule has 0 aromatic heterocycles. The van der Waals surface area contributed by atoms with Crippen molar-refractivity contribution in [2.45, 2.75) is 58.0 Å². The van der Waals surface area contributed by atoms with Gasteiger partial charge in [0.1, 0.15) is 5.41 Å². The summed E-state index contributed by atoms with van der Waals surface area (Å²) < 4.78 is 0. The molecule has 1 saturated heterocycles. The van der Waals surface area contributed by atoms with E-state index in [9.17, 15) is 19.8 Å². The molecule has 5 nitrogen and oxygen atoms in total. The van der Waals surface area contributed by atoms with Gasteiger partial charge in [0.2, 0.25) is 0 Å². The van der Waals surface area contributed by atoms with Crippen molar-refractivity contribution < 1.29 is 19.8 Å². The highest BCUT2D eigenvalue weighted by molar-refractivity contribution is 5.94. The van der Waals surface area contributed by atoms with Crippen LogP contribution >= 0.6 is 0 Å². The predicted molar refractivity (Wildman–Crippen MR) is 99.0 cm³/mol. The summed E-state index contributed by atoms with van der Waals surface area (Å²) in [6.07, 6.45) is 5.20. The summed E-state index contributed by atoms with van der Waals surface area (Å²) in [6, 6.07) is 7.63. The monoisotopic (exact) mass is 359 g/mol. The predicted octanol–water partition coefficient (Wildman–Crippen LogP) is 3.11. The molecule has 0 radical (unpaired) electrons. The molecule has 26 heavy (non-hydrogen) atoms. The van der Waals surface area contributed by atoms with Crippen LogP contribution in [0.15, 0.2) is 24.3 Å². The highest BCUT2D eigenvalue weighted by Gasteiger charge is 2.52. The molecular formula is C21H29NO4. The third-order valence-corrected chi connectivity index (χ3v) is 5.87. The molecule has 2 N–H and O–H groups in total. The van der Waals surface area contributed by atoms with Crippen molar-refractivity contribution in [2.24, 2.45) is 11.3 Å². The van der Waals surface area contributed by atoms with Gasteiger partial charge in [-0.15, -0.1) is 0 Å². The number of aliphatic hydroxyl groups is 1. The Hall–Kier alpha value is -1.88. The molecule has 1 heterocycles. The van der Waals surface area contributed by atoms with E-state index in [0.29, 0.717) is 30.9 Å². The Morgan fingerprint density at radius 3 is 2.46 bits per heavy atom. The lowest BCUT2D eigenvalue weighted by Gasteiger charge is -2.43. The standard InChI is InChI=1S/C21H29NO4/c1-2-3-4-15-7-9-17(10-8-15)19(24)22-12-11-18(23)21(14-22,20(25)26)13-16-5-6-16/h7-10,16,18,23H,2-6,11-14H2,1H3,(H,25,26)/t18-,21+/m1/s1. The van der Waals surface area contributed by atoms with Gasteiger partial charge in [0, 0.05) is 18.7 Å². The second-order valence-electron chi connectivity index (χ2n) is 7.94. The molecule has 2 fully saturated rings. The van der Waals surface area contributed by atoms with Gasteiger partial charge in [-0.25, -0.2) is 0 Å². The summed E-state index contributed by atoms with van der Waals surface area (Å²) in [5.74, 6) is -0.752. The minimum Gasteiger partial charge on any atom is -0.481 e. The maximum absolute atomic E-state index is 12.9. The number of benzene rings is 1. The van der Waals surface area contributed by atoms with Gasteiger partial charge in [0.15, 0.2) is 0 Å². The lowest BCUT2D eigenvalue weighted by Crippen LogP contribution is -2.57. The molecule has 0 bridgehead atoms. The van der Waals surface area contributed by atoms with Crippen molar-refractivity contribution in [2.75, 3.05) is 13.1 Å². The average Bonchev–Trinajstić information content (AvgIpc) is 3.45. The summed E-state index contributed by atoms with van der Waals surface area (Å²) >= 11 is 0. The number of aryl methyl sites for hydroxylation is 1. The summed E-state index contributed by atoms with van der Waals surface area (Å²) in [6.45, 7) is 2.65. The number of carboxylic acids is 1. The first-order valence-electron chi connectivity index (χ1n) is 9.76. The molecule has 5 heteroatoms. The molecular weight excluding hydrogens is 330 g/mol. The van der Waals surface area contributed by atoms with Gasteiger partial charge in [0.25, 0.3) is 5.91 Å². The molecule has 1 amide bonds. The Morgan fingerprint density at radius 2 is 1.88 bits per heavy atom. The van der Waals surface area contributed by atoms with Gasteiger partial charge < -0.3 is 15.1 Å². The third-order valence-electron chi connectivity index (χ3n) is 5.87. The molecule has 2 aliphatic rings. The fourth-order valence-electron chi connectivity index (χ4n) is 3.97. The number of likely N-dealkylation sites (tertiary alicyclic amines) is 1. The minimum absolute atomic E-state index is 0.0937. The van der Waals surface area contributed by atoms with Crippen LogP contribution in [0, 0.1) is 11.3 Å². The molecule has 1 saturated carbocycles. The van der Waals surface area contributed by atoms with Crippen LogP contribution in [-0.2, 0) is 11.2 Å². The van der Waals surface area contributed by atoms with Crippen molar-refractivity contribution >= 4 is 11.9 Å². The number of aliphatic carboxylic acids is 1. The van der Waals surface area contributed by atoms with Crippen LogP contribution in [0.3, 0.4) is 0 Å². The van der Waals surface area contributed by atoms with Crippen molar-refractivity contribution in [3.8, 4) is 0 Å². The zero-order chi connectivity index (χ0) is 18.7. The maximum atomic E-state index is 12.9. The number of hydrogen-bond acceptors (Lipinski definition) is 3. The van der Waals surface area contributed by atoms with E-state index in [0.717, 1.165) is 32.1 Å². The lowest BCUT2D eigenvalue weighted by molar-refractivity contribution is -0.163. The Bertz CT molecular complexity index is 652. The van der Waals surface area contributed by atoms with Crippen LogP contribution in [0.2, 0.25) is 0 Å². The minimum atomic E-state index is -1.23. The van der Waals surface area contributed by atoms with E-state index >= 15 is 0 Å². The molecule has 2 atom stereocenters.